The summed E-state index contributed by atoms with van der Waals surface area (Å²) in [5.41, 5.74) is 2.42. The van der Waals surface area contributed by atoms with Gasteiger partial charge in [-0.15, -0.1) is 5.10 Å². The van der Waals surface area contributed by atoms with Gasteiger partial charge in [0.05, 0.1) is 5.69 Å². The minimum absolute atomic E-state index is 0.420. The van der Waals surface area contributed by atoms with Crippen LogP contribution in [0.4, 0.5) is 0 Å². The van der Waals surface area contributed by atoms with E-state index in [4.69, 9.17) is 11.6 Å². The molecule has 0 aliphatic rings. The van der Waals surface area contributed by atoms with Crippen LogP contribution in [0.15, 0.2) is 24.3 Å². The minimum atomic E-state index is 0.420. The highest BCUT2D eigenvalue weighted by Gasteiger charge is 2.13. The molecular weight excluding hydrogens is 296 g/mol. The highest BCUT2D eigenvalue weighted by atomic mass is 35.5. The molecule has 0 spiro atoms. The third-order valence-corrected chi connectivity index (χ3v) is 3.95. The summed E-state index contributed by atoms with van der Waals surface area (Å²) in [6.07, 6.45) is 6.69. The Hall–Kier alpha value is -1.86. The third-order valence-electron chi connectivity index (χ3n) is 3.70. The van der Waals surface area contributed by atoms with Gasteiger partial charge in [0, 0.05) is 18.0 Å². The van der Waals surface area contributed by atoms with E-state index in [1.807, 2.05) is 28.9 Å². The lowest BCUT2D eigenvalue weighted by molar-refractivity contribution is 0.509. The number of aromatic nitrogens is 3. The molecule has 0 unspecified atom stereocenters. The average Bonchev–Trinajstić information content (AvgIpc) is 2.91. The van der Waals surface area contributed by atoms with Crippen LogP contribution in [0.5, 0.6) is 0 Å². The Labute approximate surface area is 136 Å². The number of nitrogens with zero attached hydrogens (tertiary/aromatic N) is 4. The van der Waals surface area contributed by atoms with Crippen molar-refractivity contribution in [2.24, 2.45) is 0 Å². The number of benzene rings is 1. The van der Waals surface area contributed by atoms with Crippen LogP contribution in [-0.4, -0.2) is 15.0 Å². The van der Waals surface area contributed by atoms with Gasteiger partial charge in [0.25, 0.3) is 0 Å². The van der Waals surface area contributed by atoms with E-state index in [0.29, 0.717) is 17.1 Å². The molecule has 0 bridgehead atoms. The molecule has 0 atom stereocenters. The van der Waals surface area contributed by atoms with Crippen molar-refractivity contribution in [2.75, 3.05) is 0 Å². The summed E-state index contributed by atoms with van der Waals surface area (Å²) in [6.45, 7) is 3.03. The minimum Gasteiger partial charge on any atom is -0.248 e. The largest absolute Gasteiger partial charge is 0.248 e. The molecule has 0 aliphatic heterocycles. The van der Waals surface area contributed by atoms with E-state index in [2.05, 4.69) is 23.3 Å². The third kappa shape index (κ3) is 4.57. The van der Waals surface area contributed by atoms with Gasteiger partial charge in [0.1, 0.15) is 6.07 Å². The predicted octanol–water partition coefficient (Wildman–Crippen LogP) is 4.36. The number of nitriles is 1. The van der Waals surface area contributed by atoms with Crippen LogP contribution in [-0.2, 0) is 13.0 Å². The number of aryl methyl sites for hydroxylation is 1. The number of hydrogen-bond acceptors (Lipinski definition) is 3. The molecule has 0 N–H and O–H groups in total. The van der Waals surface area contributed by atoms with Gasteiger partial charge in [-0.25, -0.2) is 4.68 Å². The van der Waals surface area contributed by atoms with Gasteiger partial charge < -0.3 is 0 Å². The van der Waals surface area contributed by atoms with Crippen molar-refractivity contribution >= 4 is 11.6 Å². The second kappa shape index (κ2) is 8.55. The molecule has 0 amide bonds. The van der Waals surface area contributed by atoms with Crippen molar-refractivity contribution in [3.8, 4) is 6.07 Å². The van der Waals surface area contributed by atoms with Crippen LogP contribution >= 0.6 is 11.6 Å². The fourth-order valence-corrected chi connectivity index (χ4v) is 2.56. The zero-order valence-electron chi connectivity index (χ0n) is 12.9. The van der Waals surface area contributed by atoms with Gasteiger partial charge in [-0.2, -0.15) is 5.26 Å². The van der Waals surface area contributed by atoms with Gasteiger partial charge in [-0.3, -0.25) is 0 Å². The van der Waals surface area contributed by atoms with Crippen LogP contribution in [0.2, 0.25) is 5.02 Å². The lowest BCUT2D eigenvalue weighted by atomic mass is 10.1. The standard InChI is InChI=1S/C17H21ClN4/c1-2-3-4-5-6-11-22-17(16(13-19)20-21-22)12-14-7-9-15(18)10-8-14/h7-10H,2-6,11-12H2,1H3. The van der Waals surface area contributed by atoms with Gasteiger partial charge in [-0.1, -0.05) is 61.6 Å². The molecule has 0 fully saturated rings. The molecule has 1 aromatic heterocycles. The van der Waals surface area contributed by atoms with Crippen molar-refractivity contribution in [3.63, 3.8) is 0 Å². The fourth-order valence-electron chi connectivity index (χ4n) is 2.43. The summed E-state index contributed by atoms with van der Waals surface area (Å²) < 4.78 is 1.87. The molecule has 2 aromatic rings. The molecule has 116 valence electrons. The molecule has 1 aromatic carbocycles. The fraction of sp³-hybridized carbons (Fsp3) is 0.471. The van der Waals surface area contributed by atoms with Gasteiger partial charge in [-0.05, 0) is 24.1 Å². The molecule has 4 nitrogen and oxygen atoms in total. The summed E-state index contributed by atoms with van der Waals surface area (Å²) in [4.78, 5) is 0. The Morgan fingerprint density at radius 1 is 1.14 bits per heavy atom. The van der Waals surface area contributed by atoms with E-state index in [1.165, 1.54) is 25.7 Å². The van der Waals surface area contributed by atoms with Crippen LogP contribution in [0.25, 0.3) is 0 Å². The lowest BCUT2D eigenvalue weighted by Gasteiger charge is -2.07. The Morgan fingerprint density at radius 2 is 1.86 bits per heavy atom. The van der Waals surface area contributed by atoms with Crippen LogP contribution in [0.1, 0.15) is 56.0 Å². The first kappa shape index (κ1) is 16.5. The molecule has 5 heteroatoms. The SMILES string of the molecule is CCCCCCCn1nnc(C#N)c1Cc1ccc(Cl)cc1. The maximum Gasteiger partial charge on any atom is 0.186 e. The van der Waals surface area contributed by atoms with E-state index in [1.54, 1.807) is 0 Å². The Morgan fingerprint density at radius 3 is 2.55 bits per heavy atom. The maximum atomic E-state index is 9.21. The van der Waals surface area contributed by atoms with Gasteiger partial charge >= 0.3 is 0 Å². The second-order valence-corrected chi connectivity index (χ2v) is 5.87. The van der Waals surface area contributed by atoms with E-state index in [9.17, 15) is 5.26 Å². The first-order chi connectivity index (χ1) is 10.7. The Balaban J connectivity index is 2.03. The quantitative estimate of drug-likeness (QED) is 0.680. The number of rotatable bonds is 8. The molecular formula is C17H21ClN4. The summed E-state index contributed by atoms with van der Waals surface area (Å²) in [5, 5.41) is 18.0. The van der Waals surface area contributed by atoms with Crippen molar-refractivity contribution < 1.29 is 0 Å². The van der Waals surface area contributed by atoms with E-state index in [0.717, 1.165) is 24.2 Å². The van der Waals surface area contributed by atoms with E-state index >= 15 is 0 Å². The Kier molecular flexibility index (Phi) is 6.42. The molecule has 0 saturated heterocycles. The molecule has 2 rings (SSSR count). The molecule has 0 aliphatic carbocycles. The Bertz CT molecular complexity index is 625. The first-order valence-corrected chi connectivity index (χ1v) is 8.19. The summed E-state index contributed by atoms with van der Waals surface area (Å²) in [7, 11) is 0. The zero-order valence-corrected chi connectivity index (χ0v) is 13.7. The number of hydrogen-bond donors (Lipinski definition) is 0. The normalized spacial score (nSPS) is 10.6. The van der Waals surface area contributed by atoms with Gasteiger partial charge in [0.2, 0.25) is 0 Å². The van der Waals surface area contributed by atoms with Crippen LogP contribution in [0, 0.1) is 11.3 Å². The molecule has 1 heterocycles. The van der Waals surface area contributed by atoms with Crippen LogP contribution < -0.4 is 0 Å². The van der Waals surface area contributed by atoms with Gasteiger partial charge in [0.15, 0.2) is 5.69 Å². The second-order valence-electron chi connectivity index (χ2n) is 5.44. The zero-order chi connectivity index (χ0) is 15.8. The average molecular weight is 317 g/mol. The highest BCUT2D eigenvalue weighted by Crippen LogP contribution is 2.16. The summed E-state index contributed by atoms with van der Waals surface area (Å²) in [5.74, 6) is 0. The molecule has 22 heavy (non-hydrogen) atoms. The number of unbranched alkanes of at least 4 members (excludes halogenated alkanes) is 4. The highest BCUT2D eigenvalue weighted by molar-refractivity contribution is 6.30. The number of halogens is 1. The van der Waals surface area contributed by atoms with Crippen molar-refractivity contribution in [3.05, 3.63) is 46.2 Å². The molecule has 0 saturated carbocycles. The first-order valence-electron chi connectivity index (χ1n) is 7.81. The summed E-state index contributed by atoms with van der Waals surface area (Å²) >= 11 is 5.91. The topological polar surface area (TPSA) is 54.5 Å². The van der Waals surface area contributed by atoms with Crippen molar-refractivity contribution in [1.29, 1.82) is 5.26 Å². The van der Waals surface area contributed by atoms with E-state index in [-0.39, 0.29) is 0 Å². The van der Waals surface area contributed by atoms with Crippen molar-refractivity contribution in [2.45, 2.75) is 52.0 Å². The predicted molar refractivity (Wildman–Crippen MR) is 87.8 cm³/mol. The lowest BCUT2D eigenvalue weighted by Crippen LogP contribution is -2.07. The molecule has 0 radical (unpaired) electrons. The maximum absolute atomic E-state index is 9.21. The smallest absolute Gasteiger partial charge is 0.186 e. The van der Waals surface area contributed by atoms with Crippen molar-refractivity contribution in [1.82, 2.24) is 15.0 Å². The van der Waals surface area contributed by atoms with E-state index < -0.39 is 0 Å². The monoisotopic (exact) mass is 316 g/mol. The summed E-state index contributed by atoms with van der Waals surface area (Å²) in [6, 6.07) is 9.81. The van der Waals surface area contributed by atoms with Crippen LogP contribution in [0.3, 0.4) is 0 Å².